The third kappa shape index (κ3) is 4.62. The van der Waals surface area contributed by atoms with Crippen LogP contribution in [0.15, 0.2) is 83.8 Å². The fourth-order valence-electron chi connectivity index (χ4n) is 3.27. The third-order valence-electron chi connectivity index (χ3n) is 4.86. The summed E-state index contributed by atoms with van der Waals surface area (Å²) < 4.78 is 5.10. The van der Waals surface area contributed by atoms with E-state index in [1.165, 1.54) is 16.7 Å². The Morgan fingerprint density at radius 3 is 2.29 bits per heavy atom. The molecule has 1 N–H and O–H groups in total. The van der Waals surface area contributed by atoms with E-state index in [1.807, 2.05) is 18.2 Å². The molecule has 1 aliphatic rings. The molecule has 1 fully saturated rings. The van der Waals surface area contributed by atoms with Gasteiger partial charge in [-0.05, 0) is 60.7 Å². The highest BCUT2D eigenvalue weighted by Crippen LogP contribution is 2.34. The first kappa shape index (κ1) is 20.7. The van der Waals surface area contributed by atoms with Gasteiger partial charge >= 0.3 is 0 Å². The van der Waals surface area contributed by atoms with E-state index in [0.29, 0.717) is 22.7 Å². The molecule has 4 rings (SSSR count). The summed E-state index contributed by atoms with van der Waals surface area (Å²) >= 11 is 1.35. The Morgan fingerprint density at radius 1 is 0.968 bits per heavy atom. The van der Waals surface area contributed by atoms with Crippen molar-refractivity contribution in [2.45, 2.75) is 16.6 Å². The van der Waals surface area contributed by atoms with Crippen LogP contribution in [0.1, 0.15) is 16.8 Å². The number of hydrogen-bond donors (Lipinski definition) is 1. The van der Waals surface area contributed by atoms with Crippen molar-refractivity contribution in [2.24, 2.45) is 0 Å². The summed E-state index contributed by atoms with van der Waals surface area (Å²) in [6.07, 6.45) is 0.161. The highest BCUT2D eigenvalue weighted by molar-refractivity contribution is 8.00. The van der Waals surface area contributed by atoms with Gasteiger partial charge in [0, 0.05) is 22.6 Å². The fourth-order valence-corrected chi connectivity index (χ4v) is 4.33. The number of methoxy groups -OCH3 is 1. The summed E-state index contributed by atoms with van der Waals surface area (Å²) in [6, 6.07) is 23.0. The molecule has 7 heteroatoms. The lowest BCUT2D eigenvalue weighted by atomic mass is 10.2. The predicted octanol–water partition coefficient (Wildman–Crippen LogP) is 4.37. The molecule has 3 aromatic rings. The lowest BCUT2D eigenvalue weighted by Gasteiger charge is -2.14. The van der Waals surface area contributed by atoms with Gasteiger partial charge in [-0.3, -0.25) is 14.4 Å². The van der Waals surface area contributed by atoms with Gasteiger partial charge < -0.3 is 10.1 Å². The standard InChI is InChI=1S/C24H20N2O4S/c1-30-19-11-7-16(8-12-19)23(28)25-17-9-13-20(14-10-17)31-21-15-22(27)26(24(21)29)18-5-3-2-4-6-18/h2-14,21H,15H2,1H3,(H,25,28). The number of rotatable bonds is 6. The van der Waals surface area contributed by atoms with Crippen molar-refractivity contribution in [2.75, 3.05) is 17.3 Å². The smallest absolute Gasteiger partial charge is 0.255 e. The van der Waals surface area contributed by atoms with E-state index in [2.05, 4.69) is 5.32 Å². The average Bonchev–Trinajstić information content (AvgIpc) is 3.08. The summed E-state index contributed by atoms with van der Waals surface area (Å²) in [7, 11) is 1.57. The molecule has 0 radical (unpaired) electrons. The van der Waals surface area contributed by atoms with E-state index in [9.17, 15) is 14.4 Å². The van der Waals surface area contributed by atoms with Crippen molar-refractivity contribution in [3.8, 4) is 5.75 Å². The number of nitrogens with one attached hydrogen (secondary N) is 1. The molecule has 0 aromatic heterocycles. The molecular formula is C24H20N2O4S. The monoisotopic (exact) mass is 432 g/mol. The summed E-state index contributed by atoms with van der Waals surface area (Å²) in [4.78, 5) is 39.6. The quantitative estimate of drug-likeness (QED) is 0.586. The van der Waals surface area contributed by atoms with Crippen molar-refractivity contribution in [3.05, 3.63) is 84.4 Å². The molecule has 1 saturated heterocycles. The topological polar surface area (TPSA) is 75.7 Å². The van der Waals surface area contributed by atoms with Crippen LogP contribution in [0.5, 0.6) is 5.75 Å². The van der Waals surface area contributed by atoms with Gasteiger partial charge in [-0.25, -0.2) is 4.90 Å². The second-order valence-electron chi connectivity index (χ2n) is 6.92. The molecule has 31 heavy (non-hydrogen) atoms. The minimum Gasteiger partial charge on any atom is -0.497 e. The Kier molecular flexibility index (Phi) is 6.04. The van der Waals surface area contributed by atoms with Gasteiger partial charge in [-0.15, -0.1) is 11.8 Å². The minimum atomic E-state index is -0.465. The van der Waals surface area contributed by atoms with Crippen molar-refractivity contribution < 1.29 is 19.1 Å². The van der Waals surface area contributed by atoms with E-state index in [1.54, 1.807) is 67.8 Å². The molecule has 0 bridgehead atoms. The van der Waals surface area contributed by atoms with Crippen LogP contribution in [0.25, 0.3) is 0 Å². The maximum Gasteiger partial charge on any atom is 0.255 e. The SMILES string of the molecule is COc1ccc(C(=O)Nc2ccc(SC3CC(=O)N(c4ccccc4)C3=O)cc2)cc1. The van der Waals surface area contributed by atoms with E-state index in [4.69, 9.17) is 4.74 Å². The number of ether oxygens (including phenoxy) is 1. The molecule has 1 heterocycles. The molecule has 1 atom stereocenters. The number of hydrogen-bond acceptors (Lipinski definition) is 5. The molecule has 1 unspecified atom stereocenters. The number of carbonyl (C=O) groups excluding carboxylic acids is 3. The maximum atomic E-state index is 12.8. The number of imide groups is 1. The first-order chi connectivity index (χ1) is 15.0. The highest BCUT2D eigenvalue weighted by Gasteiger charge is 2.40. The first-order valence-electron chi connectivity index (χ1n) is 9.69. The molecule has 3 aromatic carbocycles. The predicted molar refractivity (Wildman–Crippen MR) is 121 cm³/mol. The van der Waals surface area contributed by atoms with Crippen LogP contribution in [0.3, 0.4) is 0 Å². The molecule has 0 saturated carbocycles. The van der Waals surface area contributed by atoms with Crippen molar-refractivity contribution >= 4 is 40.9 Å². The number of amides is 3. The van der Waals surface area contributed by atoms with Gasteiger partial charge in [0.25, 0.3) is 5.91 Å². The molecule has 0 spiro atoms. The molecule has 6 nitrogen and oxygen atoms in total. The molecule has 0 aliphatic carbocycles. The van der Waals surface area contributed by atoms with Gasteiger partial charge in [0.1, 0.15) is 5.75 Å². The Morgan fingerprint density at radius 2 is 1.65 bits per heavy atom. The zero-order chi connectivity index (χ0) is 21.8. The zero-order valence-electron chi connectivity index (χ0n) is 16.8. The van der Waals surface area contributed by atoms with Crippen molar-refractivity contribution in [1.82, 2.24) is 0 Å². The fraction of sp³-hybridized carbons (Fsp3) is 0.125. The molecule has 156 valence electrons. The number of carbonyl (C=O) groups is 3. The van der Waals surface area contributed by atoms with Gasteiger partial charge in [0.05, 0.1) is 18.0 Å². The minimum absolute atomic E-state index is 0.161. The van der Waals surface area contributed by atoms with E-state index in [-0.39, 0.29) is 24.1 Å². The summed E-state index contributed by atoms with van der Waals surface area (Å²) in [5, 5.41) is 2.38. The summed E-state index contributed by atoms with van der Waals surface area (Å²) in [5.74, 6) is 0.0528. The van der Waals surface area contributed by atoms with E-state index < -0.39 is 5.25 Å². The third-order valence-corrected chi connectivity index (χ3v) is 6.06. The van der Waals surface area contributed by atoms with Crippen molar-refractivity contribution in [1.29, 1.82) is 0 Å². The van der Waals surface area contributed by atoms with Crippen LogP contribution in [0.4, 0.5) is 11.4 Å². The van der Waals surface area contributed by atoms with Crippen LogP contribution >= 0.6 is 11.8 Å². The maximum absolute atomic E-state index is 12.8. The molecular weight excluding hydrogens is 412 g/mol. The Bertz CT molecular complexity index is 1100. The lowest BCUT2D eigenvalue weighted by molar-refractivity contribution is -0.121. The normalized spacial score (nSPS) is 15.8. The van der Waals surface area contributed by atoms with Gasteiger partial charge in [-0.1, -0.05) is 18.2 Å². The van der Waals surface area contributed by atoms with Gasteiger partial charge in [-0.2, -0.15) is 0 Å². The van der Waals surface area contributed by atoms with Crippen LogP contribution in [-0.4, -0.2) is 30.1 Å². The second-order valence-corrected chi connectivity index (χ2v) is 8.20. The van der Waals surface area contributed by atoms with Gasteiger partial charge in [0.15, 0.2) is 0 Å². The number of benzene rings is 3. The average molecular weight is 433 g/mol. The van der Waals surface area contributed by atoms with E-state index in [0.717, 1.165) is 4.90 Å². The summed E-state index contributed by atoms with van der Waals surface area (Å²) in [5.41, 5.74) is 1.76. The highest BCUT2D eigenvalue weighted by atomic mass is 32.2. The van der Waals surface area contributed by atoms with Crippen molar-refractivity contribution in [3.63, 3.8) is 0 Å². The second kappa shape index (κ2) is 9.06. The first-order valence-corrected chi connectivity index (χ1v) is 10.6. The van der Waals surface area contributed by atoms with Crippen LogP contribution in [0, 0.1) is 0 Å². The Balaban J connectivity index is 1.39. The molecule has 1 aliphatic heterocycles. The van der Waals surface area contributed by atoms with E-state index >= 15 is 0 Å². The van der Waals surface area contributed by atoms with Crippen LogP contribution in [0.2, 0.25) is 0 Å². The van der Waals surface area contributed by atoms with Gasteiger partial charge in [0.2, 0.25) is 11.8 Å². The summed E-state index contributed by atoms with van der Waals surface area (Å²) in [6.45, 7) is 0. The van der Waals surface area contributed by atoms with Crippen LogP contribution < -0.4 is 15.0 Å². The largest absolute Gasteiger partial charge is 0.497 e. The molecule has 3 amide bonds. The Hall–Kier alpha value is -3.58. The number of thioether (sulfide) groups is 1. The zero-order valence-corrected chi connectivity index (χ0v) is 17.6. The number of nitrogens with zero attached hydrogens (tertiary/aromatic N) is 1. The van der Waals surface area contributed by atoms with Crippen LogP contribution in [-0.2, 0) is 9.59 Å². The Labute approximate surface area is 184 Å². The number of anilines is 2. The number of para-hydroxylation sites is 1. The lowest BCUT2D eigenvalue weighted by Crippen LogP contribution is -2.30.